The van der Waals surface area contributed by atoms with Gasteiger partial charge in [-0.15, -0.1) is 0 Å². The Bertz CT molecular complexity index is 1560. The van der Waals surface area contributed by atoms with E-state index in [0.717, 1.165) is 35.6 Å². The number of benzene rings is 3. The monoisotopic (exact) mass is 534 g/mol. The summed E-state index contributed by atoms with van der Waals surface area (Å²) in [6.07, 6.45) is 3.29. The van der Waals surface area contributed by atoms with Crippen LogP contribution in [0, 0.1) is 0 Å². The molecule has 1 atom stereocenters. The third kappa shape index (κ3) is 5.21. The van der Waals surface area contributed by atoms with Gasteiger partial charge in [0.2, 0.25) is 5.88 Å². The van der Waals surface area contributed by atoms with E-state index < -0.39 is 15.8 Å². The van der Waals surface area contributed by atoms with Crippen LogP contribution in [0.1, 0.15) is 49.0 Å². The van der Waals surface area contributed by atoms with Crippen LogP contribution >= 0.6 is 0 Å². The predicted octanol–water partition coefficient (Wildman–Crippen LogP) is 5.59. The van der Waals surface area contributed by atoms with Crippen LogP contribution in [0.25, 0.3) is 10.8 Å². The van der Waals surface area contributed by atoms with Crippen molar-refractivity contribution in [2.45, 2.75) is 45.4 Å². The molecule has 200 valence electrons. The highest BCUT2D eigenvalue weighted by molar-refractivity contribution is 7.93. The molecule has 38 heavy (non-hydrogen) atoms. The molecule has 1 aromatic heterocycles. The number of aliphatic hydroxyl groups is 1. The van der Waals surface area contributed by atoms with Gasteiger partial charge < -0.3 is 20.3 Å². The van der Waals surface area contributed by atoms with Crippen molar-refractivity contribution in [2.24, 2.45) is 4.36 Å². The highest BCUT2D eigenvalue weighted by atomic mass is 32.2. The molecule has 3 N–H and O–H groups in total. The van der Waals surface area contributed by atoms with Crippen molar-refractivity contribution in [3.8, 4) is 11.6 Å². The first-order chi connectivity index (χ1) is 18.4. The van der Waals surface area contributed by atoms with Gasteiger partial charge >= 0.3 is 0 Å². The number of fused-ring (bicyclic) bond motifs is 1. The Balaban J connectivity index is 1.47. The largest absolute Gasteiger partial charge is 0.494 e. The fraction of sp³-hybridized carbons (Fsp3) is 0.345. The molecule has 1 unspecified atom stereocenters. The lowest BCUT2D eigenvalue weighted by atomic mass is 10.0. The Morgan fingerprint density at radius 3 is 2.58 bits per heavy atom. The molecule has 0 saturated carbocycles. The molecular weight excluding hydrogens is 500 g/mol. The number of hydrogen-bond donors (Lipinski definition) is 2. The van der Waals surface area contributed by atoms with Crippen molar-refractivity contribution in [3.05, 3.63) is 77.5 Å². The zero-order valence-electron chi connectivity index (χ0n) is 21.8. The number of nitrogen functional groups attached to an aromatic ring is 1. The molecule has 0 spiro atoms. The molecule has 0 amide bonds. The van der Waals surface area contributed by atoms with E-state index in [9.17, 15) is 9.32 Å². The van der Waals surface area contributed by atoms with Crippen LogP contribution in [0.2, 0.25) is 0 Å². The Kier molecular flexibility index (Phi) is 7.58. The van der Waals surface area contributed by atoms with E-state index in [0.29, 0.717) is 53.1 Å². The van der Waals surface area contributed by atoms with Gasteiger partial charge in [0.25, 0.3) is 0 Å². The molecule has 1 aliphatic heterocycles. The summed E-state index contributed by atoms with van der Waals surface area (Å²) in [5.74, 6) is 1.99. The molecule has 4 aromatic rings. The highest BCUT2D eigenvalue weighted by Crippen LogP contribution is 2.42. The minimum absolute atomic E-state index is 0.245. The lowest BCUT2D eigenvalue weighted by molar-refractivity contribution is 0.205. The minimum Gasteiger partial charge on any atom is -0.494 e. The molecule has 2 heterocycles. The van der Waals surface area contributed by atoms with Crippen molar-refractivity contribution in [2.75, 3.05) is 24.3 Å². The maximum absolute atomic E-state index is 13.4. The first-order valence-electron chi connectivity index (χ1n) is 13.0. The number of nitrogens with two attached hydrogens (primary N) is 1. The summed E-state index contributed by atoms with van der Waals surface area (Å²) in [6.45, 7) is 2.85. The summed E-state index contributed by atoms with van der Waals surface area (Å²) in [7, 11) is -0.897. The molecule has 1 saturated heterocycles. The van der Waals surface area contributed by atoms with Gasteiger partial charge in [-0.1, -0.05) is 48.9 Å². The van der Waals surface area contributed by atoms with Crippen LogP contribution in [0.3, 0.4) is 0 Å². The second-order valence-corrected chi connectivity index (χ2v) is 12.1. The van der Waals surface area contributed by atoms with E-state index in [1.165, 1.54) is 7.11 Å². The number of rotatable bonds is 8. The van der Waals surface area contributed by atoms with Crippen molar-refractivity contribution >= 4 is 31.9 Å². The number of ether oxygens (including phenoxy) is 2. The summed E-state index contributed by atoms with van der Waals surface area (Å²) in [5.41, 5.74) is 9.08. The van der Waals surface area contributed by atoms with E-state index in [1.807, 2.05) is 25.1 Å². The number of aliphatic hydroxyl groups excluding tert-OH is 1. The fourth-order valence-electron chi connectivity index (χ4n) is 4.90. The zero-order valence-corrected chi connectivity index (χ0v) is 22.6. The summed E-state index contributed by atoms with van der Waals surface area (Å²) in [5, 5.41) is 18.2. The minimum atomic E-state index is -2.43. The quantitative estimate of drug-likeness (QED) is 0.285. The predicted molar refractivity (Wildman–Crippen MR) is 151 cm³/mol. The SMILES string of the molecule is CCn1ncc(C(O)c2ccc(OC)c(N=S3(=O)CCCCC3)c2N)c1OCc1ccc2ccccc2c1. The van der Waals surface area contributed by atoms with Crippen LogP contribution in [0.4, 0.5) is 11.4 Å². The summed E-state index contributed by atoms with van der Waals surface area (Å²) in [6, 6.07) is 17.8. The molecular formula is C29H34N4O4S. The topological polar surface area (TPSA) is 112 Å². The van der Waals surface area contributed by atoms with Gasteiger partial charge in [0.05, 0.1) is 34.3 Å². The Labute approximate surface area is 223 Å². The van der Waals surface area contributed by atoms with E-state index in [-0.39, 0.29) is 5.69 Å². The van der Waals surface area contributed by atoms with Crippen molar-refractivity contribution in [1.82, 2.24) is 9.78 Å². The molecule has 8 nitrogen and oxygen atoms in total. The Morgan fingerprint density at radius 2 is 1.84 bits per heavy atom. The van der Waals surface area contributed by atoms with Crippen LogP contribution in [-0.4, -0.2) is 37.7 Å². The summed E-state index contributed by atoms with van der Waals surface area (Å²) < 4.78 is 31.4. The Hall–Kier alpha value is -3.56. The lowest BCUT2D eigenvalue weighted by Gasteiger charge is -2.20. The standard InChI is InChI=1S/C29H34N4O4S/c1-3-33-29(37-19-20-11-12-21-9-5-6-10-22(21)17-20)24(18-31-33)28(34)23-13-14-25(36-2)27(26(23)30)32-38(35)15-7-4-8-16-38/h5-6,9-14,17-18,28,34H,3-4,7-8,15-16,19,30H2,1-2H3. The zero-order chi connectivity index (χ0) is 26.7. The number of hydrogen-bond acceptors (Lipinski definition) is 7. The fourth-order valence-corrected chi connectivity index (χ4v) is 7.12. The van der Waals surface area contributed by atoms with Gasteiger partial charge in [-0.2, -0.15) is 9.46 Å². The van der Waals surface area contributed by atoms with Gasteiger partial charge in [0, 0.05) is 23.6 Å². The van der Waals surface area contributed by atoms with Crippen LogP contribution in [-0.2, 0) is 22.9 Å². The lowest BCUT2D eigenvalue weighted by Crippen LogP contribution is -2.16. The van der Waals surface area contributed by atoms with Gasteiger partial charge in [0.15, 0.2) is 0 Å². The first kappa shape index (κ1) is 26.1. The molecule has 0 bridgehead atoms. The smallest absolute Gasteiger partial charge is 0.218 e. The number of nitrogens with zero attached hydrogens (tertiary/aromatic N) is 3. The molecule has 0 radical (unpaired) electrons. The summed E-state index contributed by atoms with van der Waals surface area (Å²) in [4.78, 5) is 0. The van der Waals surface area contributed by atoms with Crippen molar-refractivity contribution in [1.29, 1.82) is 0 Å². The highest BCUT2D eigenvalue weighted by Gasteiger charge is 2.26. The van der Waals surface area contributed by atoms with Gasteiger partial charge in [-0.25, -0.2) is 8.89 Å². The third-order valence-electron chi connectivity index (χ3n) is 7.01. The first-order valence-corrected chi connectivity index (χ1v) is 14.8. The number of methoxy groups -OCH3 is 1. The van der Waals surface area contributed by atoms with Crippen LogP contribution < -0.4 is 15.2 Å². The number of aromatic nitrogens is 2. The van der Waals surface area contributed by atoms with Gasteiger partial charge in [-0.05, 0) is 48.2 Å². The average molecular weight is 535 g/mol. The molecule has 9 heteroatoms. The van der Waals surface area contributed by atoms with Crippen LogP contribution in [0.15, 0.2) is 65.2 Å². The van der Waals surface area contributed by atoms with Crippen molar-refractivity contribution < 1.29 is 18.8 Å². The molecule has 0 aliphatic carbocycles. The molecule has 1 fully saturated rings. The molecule has 5 rings (SSSR count). The van der Waals surface area contributed by atoms with Gasteiger partial charge in [0.1, 0.15) is 24.1 Å². The number of aryl methyl sites for hydroxylation is 1. The second kappa shape index (κ2) is 11.0. The van der Waals surface area contributed by atoms with E-state index in [4.69, 9.17) is 15.2 Å². The maximum Gasteiger partial charge on any atom is 0.218 e. The van der Waals surface area contributed by atoms with E-state index >= 15 is 0 Å². The Morgan fingerprint density at radius 1 is 1.08 bits per heavy atom. The third-order valence-corrected chi connectivity index (χ3v) is 9.38. The second-order valence-electron chi connectivity index (χ2n) is 9.55. The normalized spacial score (nSPS) is 15.8. The van der Waals surface area contributed by atoms with Crippen molar-refractivity contribution in [3.63, 3.8) is 0 Å². The summed E-state index contributed by atoms with van der Waals surface area (Å²) >= 11 is 0. The van der Waals surface area contributed by atoms with Gasteiger partial charge in [-0.3, -0.25) is 0 Å². The molecule has 3 aromatic carbocycles. The maximum atomic E-state index is 13.4. The number of anilines is 1. The molecule has 1 aliphatic rings. The van der Waals surface area contributed by atoms with E-state index in [1.54, 1.807) is 23.0 Å². The van der Waals surface area contributed by atoms with Crippen LogP contribution in [0.5, 0.6) is 11.6 Å². The average Bonchev–Trinajstić information content (AvgIpc) is 3.35. The van der Waals surface area contributed by atoms with E-state index in [2.05, 4.69) is 33.7 Å².